The number of hydrogen-bond donors (Lipinski definition) is 1. The summed E-state index contributed by atoms with van der Waals surface area (Å²) >= 11 is 12.2. The molecule has 4 nitrogen and oxygen atoms in total. The smallest absolute Gasteiger partial charge is 0.223 e. The monoisotopic (exact) mass is 434 g/mol. The van der Waals surface area contributed by atoms with Crippen LogP contribution in [0, 0.1) is 5.92 Å². The molecule has 2 aromatic carbocycles. The Hall–Kier alpha value is -1.59. The molecule has 1 fully saturated rings. The number of ether oxygens (including phenoxy) is 1. The molecule has 0 atom stereocenters. The average molecular weight is 435 g/mol. The highest BCUT2D eigenvalue weighted by Crippen LogP contribution is 2.33. The summed E-state index contributed by atoms with van der Waals surface area (Å²) in [4.78, 5) is 14.9. The van der Waals surface area contributed by atoms with Crippen LogP contribution in [0.1, 0.15) is 36.4 Å². The second-order valence-electron chi connectivity index (χ2n) is 7.45. The maximum Gasteiger partial charge on any atom is 0.223 e. The van der Waals surface area contributed by atoms with Crippen molar-refractivity contribution >= 4 is 29.1 Å². The average Bonchev–Trinajstić information content (AvgIpc) is 2.74. The third-order valence-corrected chi connectivity index (χ3v) is 5.97. The predicted molar refractivity (Wildman–Crippen MR) is 119 cm³/mol. The third-order valence-electron chi connectivity index (χ3n) is 5.46. The van der Waals surface area contributed by atoms with Gasteiger partial charge in [-0.1, -0.05) is 47.5 Å². The minimum absolute atomic E-state index is 0.0740. The number of carbonyl (C=O) groups is 1. The fraction of sp³-hybridized carbons (Fsp3) is 0.435. The first kappa shape index (κ1) is 22.1. The summed E-state index contributed by atoms with van der Waals surface area (Å²) in [7, 11) is 1.68. The first-order chi connectivity index (χ1) is 14.1. The molecule has 1 N–H and O–H groups in total. The zero-order chi connectivity index (χ0) is 20.6. The first-order valence-electron chi connectivity index (χ1n) is 10.1. The molecule has 1 aliphatic rings. The van der Waals surface area contributed by atoms with E-state index in [4.69, 9.17) is 27.9 Å². The summed E-state index contributed by atoms with van der Waals surface area (Å²) in [5, 5.41) is 4.50. The van der Waals surface area contributed by atoms with E-state index in [2.05, 4.69) is 34.5 Å². The normalized spacial score (nSPS) is 15.6. The lowest BCUT2D eigenvalue weighted by Crippen LogP contribution is -2.42. The molecule has 0 unspecified atom stereocenters. The molecule has 1 saturated heterocycles. The molecule has 2 aromatic rings. The second-order valence-corrected chi connectivity index (χ2v) is 8.33. The van der Waals surface area contributed by atoms with Gasteiger partial charge in [-0.25, -0.2) is 0 Å². The maximum atomic E-state index is 12.5. The molecule has 156 valence electrons. The Labute approximate surface area is 183 Å². The van der Waals surface area contributed by atoms with E-state index in [0.717, 1.165) is 42.4 Å². The highest BCUT2D eigenvalue weighted by atomic mass is 35.5. The van der Waals surface area contributed by atoms with Gasteiger partial charge in [0, 0.05) is 36.2 Å². The second kappa shape index (κ2) is 11.0. The molecule has 3 rings (SSSR count). The lowest BCUT2D eigenvalue weighted by atomic mass is 9.91. The summed E-state index contributed by atoms with van der Waals surface area (Å²) in [6.07, 6.45) is 2.55. The molecule has 1 heterocycles. The van der Waals surface area contributed by atoms with E-state index >= 15 is 0 Å². The Bertz CT molecular complexity index is 727. The number of piperidine rings is 1. The van der Waals surface area contributed by atoms with E-state index in [1.165, 1.54) is 11.1 Å². The molecular formula is C23H28Cl2N2O2. The Morgan fingerprint density at radius 1 is 1.03 bits per heavy atom. The number of halogens is 2. The molecule has 29 heavy (non-hydrogen) atoms. The highest BCUT2D eigenvalue weighted by molar-refractivity contribution is 6.30. The van der Waals surface area contributed by atoms with Gasteiger partial charge in [0.05, 0.1) is 6.04 Å². The lowest BCUT2D eigenvalue weighted by molar-refractivity contribution is -0.126. The SMILES string of the molecule is COCCCNC(=O)C1CCN(C(c2ccc(Cl)cc2)c2ccc(Cl)cc2)CC1. The largest absolute Gasteiger partial charge is 0.385 e. The van der Waals surface area contributed by atoms with Crippen LogP contribution in [0.5, 0.6) is 0 Å². The summed E-state index contributed by atoms with van der Waals surface area (Å²) in [6.45, 7) is 3.08. The number of hydrogen-bond acceptors (Lipinski definition) is 3. The number of nitrogens with one attached hydrogen (secondary N) is 1. The van der Waals surface area contributed by atoms with Crippen molar-refractivity contribution in [3.63, 3.8) is 0 Å². The van der Waals surface area contributed by atoms with E-state index in [9.17, 15) is 4.79 Å². The molecule has 0 aliphatic carbocycles. The van der Waals surface area contributed by atoms with Crippen LogP contribution in [-0.4, -0.2) is 44.2 Å². The van der Waals surface area contributed by atoms with E-state index in [0.29, 0.717) is 13.2 Å². The van der Waals surface area contributed by atoms with Crippen molar-refractivity contribution < 1.29 is 9.53 Å². The molecule has 1 amide bonds. The number of amides is 1. The number of likely N-dealkylation sites (tertiary alicyclic amines) is 1. The number of rotatable bonds is 8. The van der Waals surface area contributed by atoms with Crippen LogP contribution in [0.4, 0.5) is 0 Å². The van der Waals surface area contributed by atoms with Gasteiger partial charge < -0.3 is 10.1 Å². The van der Waals surface area contributed by atoms with Gasteiger partial charge in [0.2, 0.25) is 5.91 Å². The molecular weight excluding hydrogens is 407 g/mol. The quantitative estimate of drug-likeness (QED) is 0.597. The zero-order valence-electron chi connectivity index (χ0n) is 16.7. The van der Waals surface area contributed by atoms with E-state index in [-0.39, 0.29) is 17.9 Å². The van der Waals surface area contributed by atoms with E-state index < -0.39 is 0 Å². The van der Waals surface area contributed by atoms with Crippen molar-refractivity contribution in [1.82, 2.24) is 10.2 Å². The molecule has 0 radical (unpaired) electrons. The van der Waals surface area contributed by atoms with Gasteiger partial charge in [0.1, 0.15) is 0 Å². The van der Waals surface area contributed by atoms with Crippen molar-refractivity contribution in [3.8, 4) is 0 Å². The Morgan fingerprint density at radius 3 is 2.03 bits per heavy atom. The lowest BCUT2D eigenvalue weighted by Gasteiger charge is -2.37. The van der Waals surface area contributed by atoms with E-state index in [1.807, 2.05) is 24.3 Å². The maximum absolute atomic E-state index is 12.5. The molecule has 0 saturated carbocycles. The summed E-state index contributed by atoms with van der Waals surface area (Å²) in [5.74, 6) is 0.236. The van der Waals surface area contributed by atoms with E-state index in [1.54, 1.807) is 7.11 Å². The van der Waals surface area contributed by atoms with Crippen LogP contribution in [0.15, 0.2) is 48.5 Å². The van der Waals surface area contributed by atoms with Crippen molar-refractivity contribution in [3.05, 3.63) is 69.7 Å². The van der Waals surface area contributed by atoms with Crippen LogP contribution in [0.3, 0.4) is 0 Å². The Kier molecular flexibility index (Phi) is 8.37. The fourth-order valence-corrected chi connectivity index (χ4v) is 4.15. The number of carbonyl (C=O) groups excluding carboxylic acids is 1. The van der Waals surface area contributed by atoms with Gasteiger partial charge in [0.15, 0.2) is 0 Å². The molecule has 1 aliphatic heterocycles. The summed E-state index contributed by atoms with van der Waals surface area (Å²) in [6, 6.07) is 16.2. The number of benzene rings is 2. The molecule has 0 bridgehead atoms. The molecule has 6 heteroatoms. The Balaban J connectivity index is 1.67. The van der Waals surface area contributed by atoms with Gasteiger partial charge in [-0.2, -0.15) is 0 Å². The first-order valence-corrected chi connectivity index (χ1v) is 10.9. The van der Waals surface area contributed by atoms with Gasteiger partial charge in [0.25, 0.3) is 0 Å². The number of methoxy groups -OCH3 is 1. The van der Waals surface area contributed by atoms with Crippen LogP contribution >= 0.6 is 23.2 Å². The molecule has 0 aromatic heterocycles. The van der Waals surface area contributed by atoms with Crippen LogP contribution in [0.25, 0.3) is 0 Å². The Morgan fingerprint density at radius 2 is 1.55 bits per heavy atom. The highest BCUT2D eigenvalue weighted by Gasteiger charge is 2.30. The van der Waals surface area contributed by atoms with Crippen molar-refractivity contribution in [2.24, 2.45) is 5.92 Å². The predicted octanol–water partition coefficient (Wildman–Crippen LogP) is 4.95. The third kappa shape index (κ3) is 6.19. The standard InChI is InChI=1S/C23H28Cl2N2O2/c1-29-16-2-13-26-23(28)19-11-14-27(15-12-19)22(17-3-7-20(24)8-4-17)18-5-9-21(25)10-6-18/h3-10,19,22H,2,11-16H2,1H3,(H,26,28). The van der Waals surface area contributed by atoms with Gasteiger partial charge >= 0.3 is 0 Å². The van der Waals surface area contributed by atoms with Crippen molar-refractivity contribution in [2.45, 2.75) is 25.3 Å². The van der Waals surface area contributed by atoms with Gasteiger partial charge in [-0.3, -0.25) is 9.69 Å². The summed E-state index contributed by atoms with van der Waals surface area (Å²) < 4.78 is 5.03. The number of nitrogens with zero attached hydrogens (tertiary/aromatic N) is 1. The van der Waals surface area contributed by atoms with Crippen LogP contribution < -0.4 is 5.32 Å². The fourth-order valence-electron chi connectivity index (χ4n) is 3.90. The van der Waals surface area contributed by atoms with Crippen molar-refractivity contribution in [1.29, 1.82) is 0 Å². The van der Waals surface area contributed by atoms with Gasteiger partial charge in [-0.05, 0) is 67.7 Å². The summed E-state index contributed by atoms with van der Waals surface area (Å²) in [5.41, 5.74) is 2.39. The minimum atomic E-state index is 0.0740. The molecule has 0 spiro atoms. The van der Waals surface area contributed by atoms with Crippen LogP contribution in [0.2, 0.25) is 10.0 Å². The zero-order valence-corrected chi connectivity index (χ0v) is 18.3. The van der Waals surface area contributed by atoms with Gasteiger partial charge in [-0.15, -0.1) is 0 Å². The van der Waals surface area contributed by atoms with Crippen LogP contribution in [-0.2, 0) is 9.53 Å². The van der Waals surface area contributed by atoms with Crippen molar-refractivity contribution in [2.75, 3.05) is 33.4 Å². The minimum Gasteiger partial charge on any atom is -0.385 e. The topological polar surface area (TPSA) is 41.6 Å².